The second-order valence-electron chi connectivity index (χ2n) is 20.6. The number of hydrogen-bond donors (Lipinski definition) is 4. The Bertz CT molecular complexity index is 4810. The molecule has 14 aromatic carbocycles. The van der Waals surface area contributed by atoms with Crippen molar-refractivity contribution in [3.63, 3.8) is 0 Å². The topological polar surface area (TPSA) is 99.4 Å². The van der Waals surface area contributed by atoms with Crippen LogP contribution in [0.15, 0.2) is 218 Å². The van der Waals surface area contributed by atoms with Crippen LogP contribution in [-0.4, -0.2) is 20.4 Å². The SMILES string of the molecule is Oc1ccc2cc3ccc4c(c3cc2c1)C(c1ccc2ccccc2c1)c1c(c(-c2ccc3cc(C5c6ccc7cc(O)ccc7c6Oc6c5ccc5cc(O)ccc65)ccc3c2)cc2cc3ccc(O)cc3cc12)O4. The number of aromatic hydroxyl groups is 4. The molecule has 6 nitrogen and oxygen atoms in total. The summed E-state index contributed by atoms with van der Waals surface area (Å²) in [7, 11) is 0. The molecular weight excluding hydrogens is 937 g/mol. The molecule has 0 fully saturated rings. The van der Waals surface area contributed by atoms with Gasteiger partial charge < -0.3 is 29.9 Å². The van der Waals surface area contributed by atoms with Crippen molar-refractivity contribution < 1.29 is 29.9 Å². The van der Waals surface area contributed by atoms with Crippen LogP contribution in [0.3, 0.4) is 0 Å². The van der Waals surface area contributed by atoms with Crippen molar-refractivity contribution in [2.24, 2.45) is 0 Å². The number of benzene rings is 14. The second kappa shape index (κ2) is 15.7. The van der Waals surface area contributed by atoms with E-state index in [1.165, 1.54) is 0 Å². The summed E-state index contributed by atoms with van der Waals surface area (Å²) in [4.78, 5) is 0. The highest BCUT2D eigenvalue weighted by atomic mass is 16.5. The van der Waals surface area contributed by atoms with Gasteiger partial charge >= 0.3 is 0 Å². The van der Waals surface area contributed by atoms with Gasteiger partial charge in [-0.3, -0.25) is 0 Å². The molecule has 0 aromatic heterocycles. The van der Waals surface area contributed by atoms with Gasteiger partial charge in [-0.25, -0.2) is 0 Å². The van der Waals surface area contributed by atoms with Gasteiger partial charge in [0.05, 0.1) is 0 Å². The molecule has 14 aromatic rings. The Kier molecular flexibility index (Phi) is 8.79. The van der Waals surface area contributed by atoms with Crippen molar-refractivity contribution >= 4 is 86.2 Å². The molecule has 2 aliphatic rings. The number of hydrogen-bond acceptors (Lipinski definition) is 6. The van der Waals surface area contributed by atoms with Crippen LogP contribution in [0.2, 0.25) is 0 Å². The molecule has 1 atom stereocenters. The molecule has 2 heterocycles. The molecule has 0 bridgehead atoms. The first-order chi connectivity index (χ1) is 37.2. The van der Waals surface area contributed by atoms with Crippen LogP contribution < -0.4 is 9.47 Å². The quantitative estimate of drug-likeness (QED) is 0.132. The summed E-state index contributed by atoms with van der Waals surface area (Å²) in [6, 6.07) is 74.3. The molecule has 0 saturated heterocycles. The summed E-state index contributed by atoms with van der Waals surface area (Å²) in [5.41, 5.74) is 8.37. The second-order valence-corrected chi connectivity index (χ2v) is 20.6. The molecule has 2 aliphatic heterocycles. The third-order valence-corrected chi connectivity index (χ3v) is 16.2. The van der Waals surface area contributed by atoms with Gasteiger partial charge in [0.1, 0.15) is 46.0 Å². The number of ether oxygens (including phenoxy) is 2. The van der Waals surface area contributed by atoms with Crippen molar-refractivity contribution in [2.75, 3.05) is 0 Å². The van der Waals surface area contributed by atoms with Crippen molar-refractivity contribution in [2.45, 2.75) is 11.8 Å². The molecule has 76 heavy (non-hydrogen) atoms. The molecule has 358 valence electrons. The van der Waals surface area contributed by atoms with Crippen LogP contribution in [0.25, 0.3) is 97.3 Å². The highest BCUT2D eigenvalue weighted by molar-refractivity contribution is 6.08. The van der Waals surface area contributed by atoms with E-state index >= 15 is 0 Å². The summed E-state index contributed by atoms with van der Waals surface area (Å²) in [6.07, 6.45) is 0. The van der Waals surface area contributed by atoms with Gasteiger partial charge in [0.2, 0.25) is 0 Å². The first kappa shape index (κ1) is 42.5. The predicted molar refractivity (Wildman–Crippen MR) is 306 cm³/mol. The lowest BCUT2D eigenvalue weighted by Gasteiger charge is -2.33. The van der Waals surface area contributed by atoms with E-state index in [2.05, 4.69) is 146 Å². The number of fused-ring (bicyclic) bond motifs is 16. The summed E-state index contributed by atoms with van der Waals surface area (Å²) < 4.78 is 14.3. The molecular formula is C70H42O6. The summed E-state index contributed by atoms with van der Waals surface area (Å²) in [5, 5.41) is 58.6. The van der Waals surface area contributed by atoms with Crippen molar-refractivity contribution in [1.29, 1.82) is 0 Å². The minimum atomic E-state index is -0.280. The Hall–Kier alpha value is -10.0. The fourth-order valence-electron chi connectivity index (χ4n) is 12.7. The molecule has 1 unspecified atom stereocenters. The van der Waals surface area contributed by atoms with Gasteiger partial charge in [0.25, 0.3) is 0 Å². The Morgan fingerprint density at radius 1 is 0.276 bits per heavy atom. The van der Waals surface area contributed by atoms with Crippen LogP contribution in [0.1, 0.15) is 45.2 Å². The van der Waals surface area contributed by atoms with Crippen LogP contribution in [0.5, 0.6) is 46.0 Å². The fourth-order valence-corrected chi connectivity index (χ4v) is 12.7. The van der Waals surface area contributed by atoms with Gasteiger partial charge in [-0.1, -0.05) is 115 Å². The maximum absolute atomic E-state index is 10.8. The molecule has 0 amide bonds. The average molecular weight is 979 g/mol. The van der Waals surface area contributed by atoms with Crippen molar-refractivity contribution in [3.8, 4) is 57.1 Å². The fraction of sp³-hybridized carbons (Fsp3) is 0.0286. The predicted octanol–water partition coefficient (Wildman–Crippen LogP) is 18.0. The largest absolute Gasteiger partial charge is 0.508 e. The first-order valence-corrected chi connectivity index (χ1v) is 25.6. The van der Waals surface area contributed by atoms with E-state index in [1.807, 2.05) is 36.4 Å². The zero-order valence-corrected chi connectivity index (χ0v) is 40.5. The van der Waals surface area contributed by atoms with E-state index in [-0.39, 0.29) is 34.8 Å². The van der Waals surface area contributed by atoms with E-state index in [4.69, 9.17) is 9.47 Å². The van der Waals surface area contributed by atoms with E-state index in [1.54, 1.807) is 36.4 Å². The van der Waals surface area contributed by atoms with Gasteiger partial charge in [0, 0.05) is 50.4 Å². The molecule has 0 saturated carbocycles. The zero-order chi connectivity index (χ0) is 50.5. The zero-order valence-electron chi connectivity index (χ0n) is 40.5. The highest BCUT2D eigenvalue weighted by Crippen LogP contribution is 2.57. The van der Waals surface area contributed by atoms with E-state index < -0.39 is 0 Å². The number of phenols is 4. The van der Waals surface area contributed by atoms with E-state index in [0.29, 0.717) is 0 Å². The third-order valence-electron chi connectivity index (χ3n) is 16.2. The molecule has 0 spiro atoms. The molecule has 0 aliphatic carbocycles. The van der Waals surface area contributed by atoms with Gasteiger partial charge in [-0.15, -0.1) is 0 Å². The van der Waals surface area contributed by atoms with Crippen molar-refractivity contribution in [3.05, 3.63) is 252 Å². The Morgan fingerprint density at radius 2 is 0.750 bits per heavy atom. The Balaban J connectivity index is 0.915. The average Bonchev–Trinajstić information content (AvgIpc) is 3.48. The summed E-state index contributed by atoms with van der Waals surface area (Å²) in [5.74, 6) is 3.41. The summed E-state index contributed by atoms with van der Waals surface area (Å²) >= 11 is 0. The van der Waals surface area contributed by atoms with Crippen LogP contribution in [0, 0.1) is 0 Å². The van der Waals surface area contributed by atoms with E-state index in [0.717, 1.165) is 154 Å². The maximum Gasteiger partial charge on any atom is 0.140 e. The molecule has 6 heteroatoms. The molecule has 4 N–H and O–H groups in total. The third kappa shape index (κ3) is 6.40. The monoisotopic (exact) mass is 978 g/mol. The standard InChI is InChI=1S/C70H42O6/c71-52-16-11-41-26-43-15-24-63-66(60(43)34-49(41)32-52)65(48-9-5-37-3-1-2-4-38(37)27-48)67-61-35-50-33-53(72)17-12-42(50)29-51(61)36-62(70(67)75-63)44-8-6-40-28-47(10-7-39(40)25-44)64-58-20-13-45-30-54(73)18-22-56(45)68(58)76-69-57-23-19-55(74)31-46(57)14-21-59(64)69/h1-36,64-65,71-74H. The number of rotatable bonds is 3. The normalized spacial score (nSPS) is 14.0. The van der Waals surface area contributed by atoms with Crippen LogP contribution in [-0.2, 0) is 0 Å². The van der Waals surface area contributed by atoms with Crippen molar-refractivity contribution in [1.82, 2.24) is 0 Å². The minimum Gasteiger partial charge on any atom is -0.508 e. The van der Waals surface area contributed by atoms with Gasteiger partial charge in [-0.05, 0) is 195 Å². The Morgan fingerprint density at radius 3 is 1.42 bits per heavy atom. The molecule has 16 rings (SSSR count). The minimum absolute atomic E-state index is 0.177. The maximum atomic E-state index is 10.8. The lowest BCUT2D eigenvalue weighted by atomic mass is 9.76. The van der Waals surface area contributed by atoms with Crippen LogP contribution >= 0.6 is 0 Å². The van der Waals surface area contributed by atoms with Crippen LogP contribution in [0.4, 0.5) is 0 Å². The smallest absolute Gasteiger partial charge is 0.140 e. The first-order valence-electron chi connectivity index (χ1n) is 25.6. The van der Waals surface area contributed by atoms with E-state index in [9.17, 15) is 20.4 Å². The molecule has 0 radical (unpaired) electrons. The summed E-state index contributed by atoms with van der Waals surface area (Å²) in [6.45, 7) is 0. The van der Waals surface area contributed by atoms with Gasteiger partial charge in [-0.2, -0.15) is 0 Å². The Labute approximate surface area is 434 Å². The lowest BCUT2D eigenvalue weighted by Crippen LogP contribution is -2.14. The highest BCUT2D eigenvalue weighted by Gasteiger charge is 2.36. The van der Waals surface area contributed by atoms with Gasteiger partial charge in [0.15, 0.2) is 0 Å². The number of phenolic OH excluding ortho intramolecular Hbond substituents is 4. The lowest BCUT2D eigenvalue weighted by molar-refractivity contribution is 0.458.